The quantitative estimate of drug-likeness (QED) is 0.552. The van der Waals surface area contributed by atoms with Crippen LogP contribution in [0.2, 0.25) is 0 Å². The third-order valence-corrected chi connectivity index (χ3v) is 5.42. The summed E-state index contributed by atoms with van der Waals surface area (Å²) in [6, 6.07) is 9.22. The van der Waals surface area contributed by atoms with Crippen LogP contribution in [0.3, 0.4) is 0 Å². The molecule has 3 aromatic heterocycles. The van der Waals surface area contributed by atoms with E-state index >= 15 is 0 Å². The van der Waals surface area contributed by atoms with Gasteiger partial charge in [-0.15, -0.1) is 0 Å². The smallest absolute Gasteiger partial charge is 0.252 e. The Balaban J connectivity index is 1.73. The van der Waals surface area contributed by atoms with Crippen LogP contribution in [0.1, 0.15) is 34.6 Å². The van der Waals surface area contributed by atoms with Crippen LogP contribution in [-0.2, 0) is 14.1 Å². The molecule has 8 nitrogen and oxygen atoms in total. The lowest BCUT2D eigenvalue weighted by molar-refractivity contribution is 0.0941. The van der Waals surface area contributed by atoms with Crippen LogP contribution < -0.4 is 10.1 Å². The van der Waals surface area contributed by atoms with Crippen molar-refractivity contribution in [3.05, 3.63) is 59.5 Å². The Bertz CT molecular complexity index is 1220. The van der Waals surface area contributed by atoms with Gasteiger partial charge in [-0.05, 0) is 44.2 Å². The molecule has 4 aromatic rings. The van der Waals surface area contributed by atoms with Gasteiger partial charge in [0.25, 0.3) is 5.91 Å². The first-order chi connectivity index (χ1) is 14.4. The number of carbonyl (C=O) groups is 1. The minimum Gasteiger partial charge on any atom is -0.497 e. The predicted octanol–water partition coefficient (Wildman–Crippen LogP) is 3.18. The Labute approximate surface area is 174 Å². The van der Waals surface area contributed by atoms with Crippen LogP contribution in [0.5, 0.6) is 5.75 Å². The first-order valence-electron chi connectivity index (χ1n) is 9.65. The molecule has 8 heteroatoms. The van der Waals surface area contributed by atoms with Crippen molar-refractivity contribution < 1.29 is 9.53 Å². The fraction of sp³-hybridized carbons (Fsp3) is 0.273. The van der Waals surface area contributed by atoms with Gasteiger partial charge < -0.3 is 10.1 Å². The molecule has 154 valence electrons. The fourth-order valence-electron chi connectivity index (χ4n) is 3.50. The lowest BCUT2D eigenvalue weighted by atomic mass is 10.0. The second kappa shape index (κ2) is 7.62. The molecule has 0 radical (unpaired) electrons. The van der Waals surface area contributed by atoms with Crippen LogP contribution in [0, 0.1) is 6.92 Å². The summed E-state index contributed by atoms with van der Waals surface area (Å²) in [6.45, 7) is 3.94. The van der Waals surface area contributed by atoms with Gasteiger partial charge in [-0.2, -0.15) is 10.2 Å². The molecule has 0 spiro atoms. The standard InChI is InChI=1S/C22H24N6O2/c1-13(18-11-23-27(3)14(18)2)25-22(29)17-10-20(15-6-8-16(30-5)9-7-15)26-21-19(17)12-24-28(21)4/h6-13H,1-5H3,(H,25,29). The van der Waals surface area contributed by atoms with E-state index in [2.05, 4.69) is 15.5 Å². The Morgan fingerprint density at radius 2 is 1.80 bits per heavy atom. The number of ether oxygens (including phenoxy) is 1. The molecule has 0 fully saturated rings. The number of aromatic nitrogens is 5. The number of nitrogens with one attached hydrogen (secondary N) is 1. The van der Waals surface area contributed by atoms with Crippen molar-refractivity contribution >= 4 is 16.9 Å². The molecule has 1 N–H and O–H groups in total. The summed E-state index contributed by atoms with van der Waals surface area (Å²) in [5, 5.41) is 12.4. The molecule has 0 saturated carbocycles. The molecule has 1 atom stereocenters. The maximum Gasteiger partial charge on any atom is 0.252 e. The van der Waals surface area contributed by atoms with E-state index in [0.717, 1.165) is 22.6 Å². The fourth-order valence-corrected chi connectivity index (χ4v) is 3.50. The molecule has 0 bridgehead atoms. The first-order valence-corrected chi connectivity index (χ1v) is 9.65. The van der Waals surface area contributed by atoms with Crippen molar-refractivity contribution in [1.29, 1.82) is 0 Å². The summed E-state index contributed by atoms with van der Waals surface area (Å²) in [5.41, 5.74) is 4.78. The summed E-state index contributed by atoms with van der Waals surface area (Å²) < 4.78 is 8.71. The highest BCUT2D eigenvalue weighted by molar-refractivity contribution is 6.06. The molecule has 1 unspecified atom stereocenters. The van der Waals surface area contributed by atoms with Crippen LogP contribution >= 0.6 is 0 Å². The molecular formula is C22H24N6O2. The van der Waals surface area contributed by atoms with Gasteiger partial charge in [-0.1, -0.05) is 0 Å². The Morgan fingerprint density at radius 1 is 1.10 bits per heavy atom. The lowest BCUT2D eigenvalue weighted by Gasteiger charge is -2.15. The third kappa shape index (κ3) is 3.41. The van der Waals surface area contributed by atoms with Crippen molar-refractivity contribution in [3.63, 3.8) is 0 Å². The highest BCUT2D eigenvalue weighted by atomic mass is 16.5. The van der Waals surface area contributed by atoms with E-state index in [1.807, 2.05) is 58.3 Å². The summed E-state index contributed by atoms with van der Waals surface area (Å²) in [4.78, 5) is 18.0. The number of pyridine rings is 1. The number of benzene rings is 1. The van der Waals surface area contributed by atoms with Crippen molar-refractivity contribution in [2.45, 2.75) is 19.9 Å². The van der Waals surface area contributed by atoms with E-state index in [1.54, 1.807) is 28.9 Å². The zero-order valence-electron chi connectivity index (χ0n) is 17.7. The number of aryl methyl sites for hydroxylation is 2. The summed E-state index contributed by atoms with van der Waals surface area (Å²) >= 11 is 0. The van der Waals surface area contributed by atoms with Gasteiger partial charge >= 0.3 is 0 Å². The molecule has 4 rings (SSSR count). The first kappa shape index (κ1) is 19.6. The van der Waals surface area contributed by atoms with Crippen LogP contribution in [-0.4, -0.2) is 37.6 Å². The zero-order valence-corrected chi connectivity index (χ0v) is 17.7. The SMILES string of the molecule is COc1ccc(-c2cc(C(=O)NC(C)c3cnn(C)c3C)c3cnn(C)c3n2)cc1. The molecule has 0 saturated heterocycles. The van der Waals surface area contributed by atoms with Crippen molar-refractivity contribution in [3.8, 4) is 17.0 Å². The minimum atomic E-state index is -0.185. The van der Waals surface area contributed by atoms with E-state index in [4.69, 9.17) is 9.72 Å². The second-order valence-electron chi connectivity index (χ2n) is 7.29. The van der Waals surface area contributed by atoms with E-state index < -0.39 is 0 Å². The van der Waals surface area contributed by atoms with Crippen LogP contribution in [0.4, 0.5) is 0 Å². The topological polar surface area (TPSA) is 86.9 Å². The van der Waals surface area contributed by atoms with Crippen molar-refractivity contribution in [1.82, 2.24) is 29.9 Å². The highest BCUT2D eigenvalue weighted by Crippen LogP contribution is 2.27. The van der Waals surface area contributed by atoms with Gasteiger partial charge in [-0.3, -0.25) is 14.2 Å². The number of nitrogens with zero attached hydrogens (tertiary/aromatic N) is 5. The van der Waals surface area contributed by atoms with Gasteiger partial charge in [0.2, 0.25) is 0 Å². The van der Waals surface area contributed by atoms with Crippen molar-refractivity contribution in [2.24, 2.45) is 14.1 Å². The molecule has 1 amide bonds. The normalized spacial score (nSPS) is 12.2. The number of fused-ring (bicyclic) bond motifs is 1. The average molecular weight is 404 g/mol. The molecule has 1 aromatic carbocycles. The van der Waals surface area contributed by atoms with Crippen molar-refractivity contribution in [2.75, 3.05) is 7.11 Å². The van der Waals surface area contributed by atoms with E-state index in [0.29, 0.717) is 22.3 Å². The number of hydrogen-bond acceptors (Lipinski definition) is 5. The minimum absolute atomic E-state index is 0.180. The predicted molar refractivity (Wildman–Crippen MR) is 114 cm³/mol. The molecule has 0 aliphatic heterocycles. The molecule has 30 heavy (non-hydrogen) atoms. The third-order valence-electron chi connectivity index (χ3n) is 5.42. The maximum atomic E-state index is 13.2. The van der Waals surface area contributed by atoms with Gasteiger partial charge in [0, 0.05) is 30.9 Å². The number of amides is 1. The Hall–Kier alpha value is -3.68. The summed E-state index contributed by atoms with van der Waals surface area (Å²) in [7, 11) is 5.33. The van der Waals surface area contributed by atoms with Crippen LogP contribution in [0.25, 0.3) is 22.3 Å². The van der Waals surface area contributed by atoms with E-state index in [9.17, 15) is 4.79 Å². The maximum absolute atomic E-state index is 13.2. The number of carbonyl (C=O) groups excluding carboxylic acids is 1. The number of methoxy groups -OCH3 is 1. The number of hydrogen-bond donors (Lipinski definition) is 1. The zero-order chi connectivity index (χ0) is 21.4. The number of rotatable bonds is 5. The van der Waals surface area contributed by atoms with Crippen LogP contribution in [0.15, 0.2) is 42.7 Å². The van der Waals surface area contributed by atoms with E-state index in [1.165, 1.54) is 0 Å². The Kier molecular flexibility index (Phi) is 4.99. The summed E-state index contributed by atoms with van der Waals surface area (Å²) in [5.74, 6) is 0.583. The van der Waals surface area contributed by atoms with Gasteiger partial charge in [0.15, 0.2) is 5.65 Å². The van der Waals surface area contributed by atoms with E-state index in [-0.39, 0.29) is 11.9 Å². The lowest BCUT2D eigenvalue weighted by Crippen LogP contribution is -2.27. The van der Waals surface area contributed by atoms with Gasteiger partial charge in [-0.25, -0.2) is 4.98 Å². The summed E-state index contributed by atoms with van der Waals surface area (Å²) in [6.07, 6.45) is 3.46. The largest absolute Gasteiger partial charge is 0.497 e. The van der Waals surface area contributed by atoms with Gasteiger partial charge in [0.05, 0.1) is 42.2 Å². The average Bonchev–Trinajstić information content (AvgIpc) is 3.29. The molecular weight excluding hydrogens is 380 g/mol. The molecule has 3 heterocycles. The molecule has 0 aliphatic carbocycles. The molecule has 0 aliphatic rings. The monoisotopic (exact) mass is 404 g/mol. The highest BCUT2D eigenvalue weighted by Gasteiger charge is 2.20. The van der Waals surface area contributed by atoms with Gasteiger partial charge in [0.1, 0.15) is 5.75 Å². The Morgan fingerprint density at radius 3 is 2.43 bits per heavy atom. The second-order valence-corrected chi connectivity index (χ2v) is 7.29.